The van der Waals surface area contributed by atoms with Gasteiger partial charge in [-0.25, -0.2) is 0 Å². The fraction of sp³-hybridized carbons (Fsp3) is 0. The van der Waals surface area contributed by atoms with E-state index >= 15 is 0 Å². The van der Waals surface area contributed by atoms with E-state index in [1.807, 2.05) is 0 Å². The highest BCUT2D eigenvalue weighted by molar-refractivity contribution is 7.80. The van der Waals surface area contributed by atoms with E-state index in [9.17, 15) is 0 Å². The molecule has 0 N–H and O–H groups in total. The molecule has 0 spiro atoms. The number of benzene rings is 1. The van der Waals surface area contributed by atoms with Crippen molar-refractivity contribution in [3.8, 4) is 0 Å². The summed E-state index contributed by atoms with van der Waals surface area (Å²) in [6.07, 6.45) is 0. The molecule has 0 bridgehead atoms. The Bertz CT molecular complexity index is 172. The number of hydrogen-bond donors (Lipinski definition) is 1. The zero-order valence-electron chi connectivity index (χ0n) is 4.44. The standard InChI is InChI=1S/C6H4Cl2S/c7-4-1-5(8)3-6(9)2-4/h1-3,9H/i9+3. The molecule has 0 radical (unpaired) electrons. The van der Waals surface area contributed by atoms with Crippen molar-refractivity contribution in [3.63, 3.8) is 0 Å². The first-order chi connectivity index (χ1) is 4.18. The van der Waals surface area contributed by atoms with Gasteiger partial charge < -0.3 is 0 Å². The van der Waals surface area contributed by atoms with Crippen molar-refractivity contribution >= 4 is 35.8 Å². The molecule has 3 heteroatoms. The summed E-state index contributed by atoms with van der Waals surface area (Å²) in [5.74, 6) is 0. The Morgan fingerprint density at radius 3 is 1.78 bits per heavy atom. The Labute approximate surface area is 69.2 Å². The monoisotopic (exact) mass is 181 g/mol. The van der Waals surface area contributed by atoms with Crippen molar-refractivity contribution < 1.29 is 0 Å². The van der Waals surface area contributed by atoms with Crippen molar-refractivity contribution in [2.24, 2.45) is 0 Å². The molecule has 48 valence electrons. The Kier molecular flexibility index (Phi) is 2.28. The van der Waals surface area contributed by atoms with Gasteiger partial charge in [0.15, 0.2) is 0 Å². The molecule has 1 aromatic carbocycles. The SMILES string of the molecule is [35SH]c1cc(Cl)cc(Cl)c1. The molecule has 0 fully saturated rings. The van der Waals surface area contributed by atoms with Crippen molar-refractivity contribution in [2.75, 3.05) is 0 Å². The molecular formula is C6H4Cl2S. The van der Waals surface area contributed by atoms with E-state index in [2.05, 4.69) is 12.6 Å². The van der Waals surface area contributed by atoms with Gasteiger partial charge in [0.25, 0.3) is 0 Å². The van der Waals surface area contributed by atoms with Crippen LogP contribution >= 0.6 is 35.8 Å². The lowest BCUT2D eigenvalue weighted by molar-refractivity contribution is 1.48. The summed E-state index contributed by atoms with van der Waals surface area (Å²) in [5.41, 5.74) is 0. The maximum absolute atomic E-state index is 5.62. The average Bonchev–Trinajstić information content (AvgIpc) is 1.59. The van der Waals surface area contributed by atoms with E-state index in [0.29, 0.717) is 10.0 Å². The van der Waals surface area contributed by atoms with Gasteiger partial charge in [0.1, 0.15) is 0 Å². The lowest BCUT2D eigenvalue weighted by Gasteiger charge is -1.92. The first kappa shape index (κ1) is 7.26. The van der Waals surface area contributed by atoms with Gasteiger partial charge in [0.05, 0.1) is 0 Å². The molecule has 0 amide bonds. The summed E-state index contributed by atoms with van der Waals surface area (Å²) < 4.78 is 0. The molecule has 0 aliphatic rings. The van der Waals surface area contributed by atoms with Gasteiger partial charge in [0, 0.05) is 14.9 Å². The molecule has 0 aromatic heterocycles. The van der Waals surface area contributed by atoms with Crippen LogP contribution < -0.4 is 0 Å². The highest BCUT2D eigenvalue weighted by Gasteiger charge is 1.91. The molecule has 0 unspecified atom stereocenters. The molecule has 0 aliphatic carbocycles. The first-order valence-corrected chi connectivity index (χ1v) is 3.54. The van der Waals surface area contributed by atoms with Crippen LogP contribution in [0.1, 0.15) is 0 Å². The third-order valence-electron chi connectivity index (χ3n) is 0.847. The van der Waals surface area contributed by atoms with Gasteiger partial charge in [-0.05, 0) is 18.2 Å². The van der Waals surface area contributed by atoms with Crippen molar-refractivity contribution in [3.05, 3.63) is 28.2 Å². The third-order valence-corrected chi connectivity index (χ3v) is 1.54. The zero-order chi connectivity index (χ0) is 6.85. The Morgan fingerprint density at radius 2 is 1.44 bits per heavy atom. The molecule has 0 atom stereocenters. The van der Waals surface area contributed by atoms with Crippen LogP contribution in [0.4, 0.5) is 0 Å². The quantitative estimate of drug-likeness (QED) is 0.584. The van der Waals surface area contributed by atoms with Crippen LogP contribution in [0.3, 0.4) is 0 Å². The van der Waals surface area contributed by atoms with Crippen LogP contribution in [-0.4, -0.2) is 0 Å². The minimum Gasteiger partial charge on any atom is -0.143 e. The van der Waals surface area contributed by atoms with Gasteiger partial charge >= 0.3 is 0 Å². The van der Waals surface area contributed by atoms with Crippen LogP contribution in [-0.2, 0) is 0 Å². The second kappa shape index (κ2) is 2.82. The molecule has 0 saturated carbocycles. The molecule has 0 nitrogen and oxygen atoms in total. The van der Waals surface area contributed by atoms with Gasteiger partial charge in [-0.15, -0.1) is 12.6 Å². The molecule has 0 saturated heterocycles. The zero-order valence-corrected chi connectivity index (χ0v) is 6.84. The van der Waals surface area contributed by atoms with Crippen molar-refractivity contribution in [2.45, 2.75) is 4.90 Å². The summed E-state index contributed by atoms with van der Waals surface area (Å²) in [6.45, 7) is 0. The maximum Gasteiger partial charge on any atom is 0.0431 e. The van der Waals surface area contributed by atoms with Crippen LogP contribution in [0.15, 0.2) is 23.1 Å². The fourth-order valence-electron chi connectivity index (χ4n) is 0.539. The van der Waals surface area contributed by atoms with Gasteiger partial charge in [-0.3, -0.25) is 0 Å². The summed E-state index contributed by atoms with van der Waals surface area (Å²) >= 11 is 15.3. The van der Waals surface area contributed by atoms with E-state index in [4.69, 9.17) is 23.2 Å². The highest BCUT2D eigenvalue weighted by Crippen LogP contribution is 2.20. The Hall–Kier alpha value is 0.150. The number of thiol groups is 1. The first-order valence-electron chi connectivity index (χ1n) is 2.33. The summed E-state index contributed by atoms with van der Waals surface area (Å²) in [4.78, 5) is 0.785. The second-order valence-corrected chi connectivity index (χ2v) is 3.02. The largest absolute Gasteiger partial charge is 0.143 e. The minimum absolute atomic E-state index is 0.618. The molecule has 0 aliphatic heterocycles. The van der Waals surface area contributed by atoms with Crippen LogP contribution in [0.25, 0.3) is 0 Å². The Morgan fingerprint density at radius 1 is 1.00 bits per heavy atom. The summed E-state index contributed by atoms with van der Waals surface area (Å²) in [7, 11) is 0. The van der Waals surface area contributed by atoms with Gasteiger partial charge in [0.2, 0.25) is 0 Å². The molecule has 0 heterocycles. The number of halogens is 2. The van der Waals surface area contributed by atoms with Crippen LogP contribution in [0, 0.1) is 0 Å². The lowest BCUT2D eigenvalue weighted by Crippen LogP contribution is -1.66. The van der Waals surface area contributed by atoms with E-state index < -0.39 is 0 Å². The van der Waals surface area contributed by atoms with E-state index in [0.717, 1.165) is 4.90 Å². The fourth-order valence-corrected chi connectivity index (χ4v) is 1.50. The maximum atomic E-state index is 5.62. The normalized spacial score (nSPS) is 9.67. The topological polar surface area (TPSA) is 0 Å². The van der Waals surface area contributed by atoms with E-state index in [1.165, 1.54) is 0 Å². The molecular weight excluding hydrogens is 178 g/mol. The van der Waals surface area contributed by atoms with Gasteiger partial charge in [-0.1, -0.05) is 23.2 Å². The van der Waals surface area contributed by atoms with Crippen LogP contribution in [0.5, 0.6) is 0 Å². The van der Waals surface area contributed by atoms with E-state index in [1.54, 1.807) is 18.2 Å². The van der Waals surface area contributed by atoms with Crippen molar-refractivity contribution in [1.82, 2.24) is 0 Å². The third kappa shape index (κ3) is 2.09. The smallest absolute Gasteiger partial charge is 0.0431 e. The molecule has 1 rings (SSSR count). The Balaban J connectivity index is 3.17. The predicted octanol–water partition coefficient (Wildman–Crippen LogP) is 3.28. The second-order valence-electron chi connectivity index (χ2n) is 1.63. The van der Waals surface area contributed by atoms with Gasteiger partial charge in [-0.2, -0.15) is 0 Å². The lowest BCUT2D eigenvalue weighted by atomic mass is 10.4. The average molecular weight is 182 g/mol. The predicted molar refractivity (Wildman–Crippen MR) is 43.7 cm³/mol. The summed E-state index contributed by atoms with van der Waals surface area (Å²) in [5, 5.41) is 1.24. The number of hydrogen-bond acceptors (Lipinski definition) is 1. The van der Waals surface area contributed by atoms with E-state index in [-0.39, 0.29) is 0 Å². The molecule has 1 aromatic rings. The molecule has 9 heavy (non-hydrogen) atoms. The summed E-state index contributed by atoms with van der Waals surface area (Å²) in [6, 6.07) is 5.13. The minimum atomic E-state index is 0.618. The highest BCUT2D eigenvalue weighted by atomic mass is 35.5. The van der Waals surface area contributed by atoms with Crippen molar-refractivity contribution in [1.29, 1.82) is 0 Å². The van der Waals surface area contributed by atoms with Crippen LogP contribution in [0.2, 0.25) is 10.0 Å². The number of rotatable bonds is 0.